The van der Waals surface area contributed by atoms with Crippen molar-refractivity contribution in [2.45, 2.75) is 0 Å². The molecule has 0 saturated heterocycles. The van der Waals surface area contributed by atoms with Crippen molar-refractivity contribution >= 4 is 15.4 Å². The van der Waals surface area contributed by atoms with Crippen molar-refractivity contribution in [3.05, 3.63) is 22.4 Å². The van der Waals surface area contributed by atoms with Crippen LogP contribution in [0.5, 0.6) is 0 Å². The van der Waals surface area contributed by atoms with E-state index >= 15 is 0 Å². The molecule has 0 aromatic carbocycles. The van der Waals surface area contributed by atoms with Gasteiger partial charge < -0.3 is 0 Å². The molecule has 0 aliphatic carbocycles. The summed E-state index contributed by atoms with van der Waals surface area (Å²) in [7, 11) is 1.69. The van der Waals surface area contributed by atoms with E-state index in [2.05, 4.69) is 0 Å². The summed E-state index contributed by atoms with van der Waals surface area (Å²) in [5.41, 5.74) is 0. The molecular weight excluding hydrogens is 216 g/mol. The third-order valence-electron chi connectivity index (χ3n) is 0.908. The van der Waals surface area contributed by atoms with Crippen molar-refractivity contribution in [2.24, 2.45) is 0 Å². The quantitative estimate of drug-likeness (QED) is 0.687. The Labute approximate surface area is 69.1 Å². The van der Waals surface area contributed by atoms with Gasteiger partial charge in [-0.15, -0.1) is 0 Å². The number of hydrogen-bond acceptors (Lipinski definition) is 2. The summed E-state index contributed by atoms with van der Waals surface area (Å²) in [6.45, 7) is 0. The maximum atomic E-state index is 5.03. The number of rotatable bonds is 2. The topological polar surface area (TPSA) is 9.23 Å². The molecule has 0 bridgehead atoms. The van der Waals surface area contributed by atoms with Crippen LogP contribution in [0.3, 0.4) is 0 Å². The summed E-state index contributed by atoms with van der Waals surface area (Å²) in [4.78, 5) is 1.21. The van der Waals surface area contributed by atoms with Crippen molar-refractivity contribution in [3.63, 3.8) is 0 Å². The Morgan fingerprint density at radius 1 is 1.78 bits per heavy atom. The normalized spacial score (nSPS) is 9.44. The van der Waals surface area contributed by atoms with Crippen LogP contribution in [0.1, 0.15) is 4.88 Å². The molecule has 1 rings (SSSR count). The average Bonchev–Trinajstić information content (AvgIpc) is 2.37. The first-order chi connectivity index (χ1) is 4.34. The number of hydrogen-bond donors (Lipinski definition) is 0. The van der Waals surface area contributed by atoms with Crippen LogP contribution in [0.25, 0.3) is 0 Å². The van der Waals surface area contributed by atoms with Gasteiger partial charge in [-0.3, -0.25) is 0 Å². The van der Waals surface area contributed by atoms with Crippen LogP contribution in [0.4, 0.5) is 0 Å². The van der Waals surface area contributed by atoms with Gasteiger partial charge in [0.15, 0.2) is 0 Å². The summed E-state index contributed by atoms with van der Waals surface area (Å²) in [6, 6.07) is 4.07. The molecule has 0 amide bonds. The minimum atomic E-state index is 1.00. The van der Waals surface area contributed by atoms with Crippen LogP contribution in [-0.4, -0.2) is 11.2 Å². The first-order valence-electron chi connectivity index (χ1n) is 2.46. The second kappa shape index (κ2) is 3.40. The zero-order valence-corrected chi connectivity index (χ0v) is 7.78. The van der Waals surface area contributed by atoms with E-state index in [0.29, 0.717) is 0 Å². The summed E-state index contributed by atoms with van der Waals surface area (Å²) in [5, 5.41) is 2.04. The first-order valence-corrected chi connectivity index (χ1v) is 4.34. The van der Waals surface area contributed by atoms with Crippen LogP contribution in [0.15, 0.2) is 17.5 Å². The summed E-state index contributed by atoms with van der Waals surface area (Å²) < 4.78 is 6.03. The van der Waals surface area contributed by atoms with E-state index in [1.807, 2.05) is 36.9 Å². The summed E-state index contributed by atoms with van der Waals surface area (Å²) in [5.74, 6) is 0. The number of ether oxygens (including phenoxy) is 1. The molecule has 0 spiro atoms. The van der Waals surface area contributed by atoms with Gasteiger partial charge in [0, 0.05) is 0 Å². The van der Waals surface area contributed by atoms with Crippen LogP contribution < -0.4 is 0 Å². The third kappa shape index (κ3) is 1.82. The molecule has 48 valence electrons. The molecule has 0 fully saturated rings. The number of methoxy groups -OCH3 is 1. The van der Waals surface area contributed by atoms with Gasteiger partial charge in [0.25, 0.3) is 0 Å². The Balaban J connectivity index is 2.77. The molecule has 3 heteroatoms. The molecule has 0 aliphatic rings. The van der Waals surface area contributed by atoms with Crippen LogP contribution in [-0.2, 0) is 24.1 Å². The van der Waals surface area contributed by atoms with Gasteiger partial charge in [-0.25, -0.2) is 0 Å². The van der Waals surface area contributed by atoms with Gasteiger partial charge in [0.1, 0.15) is 0 Å². The van der Waals surface area contributed by atoms with Crippen molar-refractivity contribution < 1.29 is 24.1 Å². The Kier molecular flexibility index (Phi) is 2.77. The fourth-order valence-corrected chi connectivity index (χ4v) is 1.66. The van der Waals surface area contributed by atoms with Gasteiger partial charge in [-0.1, -0.05) is 0 Å². The predicted octanol–water partition coefficient (Wildman–Crippen LogP) is 1.42. The van der Waals surface area contributed by atoms with E-state index < -0.39 is 0 Å². The Bertz CT molecular complexity index is 193. The summed E-state index contributed by atoms with van der Waals surface area (Å²) in [6.07, 6.45) is 0. The Hall–Kier alpha value is 0.218. The fraction of sp³-hybridized carbons (Fsp3) is 0.167. The molecule has 1 aromatic rings. The fourth-order valence-electron chi connectivity index (χ4n) is 0.495. The maximum absolute atomic E-state index is 5.03. The molecule has 0 saturated carbocycles. The van der Waals surface area contributed by atoms with Gasteiger partial charge in [-0.2, -0.15) is 0 Å². The van der Waals surface area contributed by atoms with Crippen molar-refractivity contribution in [3.8, 4) is 0 Å². The predicted molar refractivity (Wildman–Crippen MR) is 35.4 cm³/mol. The monoisotopic (exact) mass is 224 g/mol. The Morgan fingerprint density at radius 2 is 2.56 bits per heavy atom. The van der Waals surface area contributed by atoms with Crippen LogP contribution in [0.2, 0.25) is 0 Å². The molecule has 9 heavy (non-hydrogen) atoms. The Morgan fingerprint density at radius 3 is 3.00 bits per heavy atom. The molecule has 1 heterocycles. The summed E-state index contributed by atoms with van der Waals surface area (Å²) >= 11 is 3.59. The van der Waals surface area contributed by atoms with Crippen LogP contribution >= 0.6 is 11.3 Å². The molecule has 0 N–H and O–H groups in total. The standard InChI is InChI=1S/C6H6OS.Mo/c1-7-5-6-3-2-4-8-6;/h2-4H,1H3;. The van der Waals surface area contributed by atoms with E-state index in [-0.39, 0.29) is 0 Å². The molecule has 0 aliphatic heterocycles. The van der Waals surface area contributed by atoms with Crippen molar-refractivity contribution in [2.75, 3.05) is 7.11 Å². The van der Waals surface area contributed by atoms with E-state index in [4.69, 9.17) is 4.74 Å². The second-order valence-corrected chi connectivity index (χ2v) is 3.33. The zero-order valence-electron chi connectivity index (χ0n) is 4.96. The molecule has 0 atom stereocenters. The minimum absolute atomic E-state index is 1.00. The van der Waals surface area contributed by atoms with Crippen LogP contribution in [0, 0.1) is 0 Å². The molecular formula is C6H6MoOS. The van der Waals surface area contributed by atoms with Gasteiger partial charge in [0.2, 0.25) is 0 Å². The average molecular weight is 222 g/mol. The van der Waals surface area contributed by atoms with E-state index in [1.54, 1.807) is 18.4 Å². The van der Waals surface area contributed by atoms with E-state index in [1.165, 1.54) is 4.88 Å². The van der Waals surface area contributed by atoms with Crippen molar-refractivity contribution in [1.82, 2.24) is 0 Å². The van der Waals surface area contributed by atoms with Gasteiger partial charge in [0.05, 0.1) is 0 Å². The number of thiophene rings is 1. The van der Waals surface area contributed by atoms with E-state index in [0.717, 1.165) is 4.08 Å². The third-order valence-corrected chi connectivity index (χ3v) is 3.07. The molecule has 0 unspecified atom stereocenters. The molecule has 1 nitrogen and oxygen atoms in total. The van der Waals surface area contributed by atoms with Crippen molar-refractivity contribution in [1.29, 1.82) is 0 Å². The molecule has 0 radical (unpaired) electrons. The zero-order chi connectivity index (χ0) is 6.69. The van der Waals surface area contributed by atoms with E-state index in [9.17, 15) is 0 Å². The van der Waals surface area contributed by atoms with Gasteiger partial charge in [-0.05, 0) is 0 Å². The van der Waals surface area contributed by atoms with Gasteiger partial charge >= 0.3 is 69.0 Å². The first kappa shape index (κ1) is 7.33. The SMILES string of the molecule is CO[C](=[Mo])c1cccs1. The molecule has 1 aromatic heterocycles. The second-order valence-electron chi connectivity index (χ2n) is 1.47.